The van der Waals surface area contributed by atoms with Gasteiger partial charge in [-0.1, -0.05) is 11.6 Å². The van der Waals surface area contributed by atoms with E-state index < -0.39 is 10.0 Å². The topological polar surface area (TPSA) is 58.6 Å². The third-order valence-electron chi connectivity index (χ3n) is 4.42. The lowest BCUT2D eigenvalue weighted by molar-refractivity contribution is 0.255. The number of hydrogen-bond acceptors (Lipinski definition) is 4. The molecule has 1 aromatic carbocycles. The quantitative estimate of drug-likeness (QED) is 0.911. The molecule has 2 heterocycles. The first-order chi connectivity index (χ1) is 10.4. The van der Waals surface area contributed by atoms with Crippen molar-refractivity contribution in [1.82, 2.24) is 9.62 Å². The summed E-state index contributed by atoms with van der Waals surface area (Å²) in [6.07, 6.45) is 2.38. The molecule has 0 aromatic heterocycles. The lowest BCUT2D eigenvalue weighted by Crippen LogP contribution is -2.43. The molecule has 1 atom stereocenters. The Bertz CT molecular complexity index is 672. The van der Waals surface area contributed by atoms with Crippen molar-refractivity contribution in [3.05, 3.63) is 22.7 Å². The van der Waals surface area contributed by atoms with Crippen LogP contribution in [0.15, 0.2) is 17.0 Å². The van der Waals surface area contributed by atoms with Crippen molar-refractivity contribution in [2.75, 3.05) is 20.1 Å². The van der Waals surface area contributed by atoms with Crippen LogP contribution in [-0.2, 0) is 16.4 Å². The molecule has 3 rings (SSSR count). The van der Waals surface area contributed by atoms with Crippen LogP contribution in [0.2, 0.25) is 5.02 Å². The predicted molar refractivity (Wildman–Crippen MR) is 86.1 cm³/mol. The Hall–Kier alpha value is -0.820. The summed E-state index contributed by atoms with van der Waals surface area (Å²) in [6.45, 7) is 3.65. The first-order valence-corrected chi connectivity index (χ1v) is 9.39. The van der Waals surface area contributed by atoms with E-state index in [9.17, 15) is 8.42 Å². The molecule has 2 aliphatic heterocycles. The monoisotopic (exact) mass is 344 g/mol. The number of halogens is 1. The van der Waals surface area contributed by atoms with Crippen LogP contribution >= 0.6 is 11.6 Å². The van der Waals surface area contributed by atoms with Gasteiger partial charge in [0.25, 0.3) is 0 Å². The Balaban J connectivity index is 1.92. The molecule has 0 amide bonds. The van der Waals surface area contributed by atoms with Gasteiger partial charge in [-0.25, -0.2) is 8.42 Å². The Labute approximate surface area is 136 Å². The first-order valence-electron chi connectivity index (χ1n) is 7.57. The van der Waals surface area contributed by atoms with Crippen molar-refractivity contribution in [1.29, 1.82) is 0 Å². The number of sulfonamides is 1. The maximum Gasteiger partial charge on any atom is 0.243 e. The molecule has 22 heavy (non-hydrogen) atoms. The van der Waals surface area contributed by atoms with E-state index in [1.54, 1.807) is 13.1 Å². The fourth-order valence-corrected chi connectivity index (χ4v) is 4.98. The zero-order chi connectivity index (χ0) is 15.9. The van der Waals surface area contributed by atoms with Gasteiger partial charge in [0.05, 0.1) is 9.92 Å². The highest BCUT2D eigenvalue weighted by Crippen LogP contribution is 2.38. The van der Waals surface area contributed by atoms with Crippen LogP contribution < -0.4 is 10.1 Å². The summed E-state index contributed by atoms with van der Waals surface area (Å²) in [7, 11) is -1.88. The van der Waals surface area contributed by atoms with Gasteiger partial charge in [-0.2, -0.15) is 4.31 Å². The van der Waals surface area contributed by atoms with Crippen LogP contribution in [0.1, 0.15) is 25.3 Å². The van der Waals surface area contributed by atoms with E-state index in [-0.39, 0.29) is 17.0 Å². The van der Waals surface area contributed by atoms with Crippen LogP contribution in [-0.4, -0.2) is 45.0 Å². The number of piperidine rings is 1. The summed E-state index contributed by atoms with van der Waals surface area (Å²) in [5, 5.41) is 3.62. The molecule has 1 fully saturated rings. The smallest absolute Gasteiger partial charge is 0.243 e. The van der Waals surface area contributed by atoms with Crippen molar-refractivity contribution < 1.29 is 13.2 Å². The molecular weight excluding hydrogens is 324 g/mol. The number of hydrogen-bond donors (Lipinski definition) is 1. The standard InChI is InChI=1S/C15H21ClN2O3S/c1-10-7-11-8-13(9-14(16)15(11)21-10)22(19,20)18(2)12-3-5-17-6-4-12/h8-10,12,17H,3-7H2,1-2H3. The Morgan fingerprint density at radius 2 is 2.00 bits per heavy atom. The van der Waals surface area contributed by atoms with Crippen molar-refractivity contribution in [2.24, 2.45) is 0 Å². The third kappa shape index (κ3) is 2.85. The zero-order valence-corrected chi connectivity index (χ0v) is 14.4. The van der Waals surface area contributed by atoms with E-state index in [1.807, 2.05) is 6.92 Å². The van der Waals surface area contributed by atoms with Gasteiger partial charge in [0.1, 0.15) is 11.9 Å². The summed E-state index contributed by atoms with van der Waals surface area (Å²) in [4.78, 5) is 0.259. The summed E-state index contributed by atoms with van der Waals surface area (Å²) in [5.41, 5.74) is 0.872. The van der Waals surface area contributed by atoms with Gasteiger partial charge < -0.3 is 10.1 Å². The molecule has 0 radical (unpaired) electrons. The molecule has 7 heteroatoms. The zero-order valence-electron chi connectivity index (χ0n) is 12.8. The second-order valence-electron chi connectivity index (χ2n) is 6.03. The number of nitrogens with one attached hydrogen (secondary N) is 1. The molecule has 122 valence electrons. The molecule has 0 spiro atoms. The van der Waals surface area contributed by atoms with E-state index in [0.29, 0.717) is 17.2 Å². The third-order valence-corrected chi connectivity index (χ3v) is 6.59. The van der Waals surface area contributed by atoms with E-state index in [1.165, 1.54) is 10.4 Å². The van der Waals surface area contributed by atoms with Gasteiger partial charge in [-0.3, -0.25) is 0 Å². The van der Waals surface area contributed by atoms with E-state index in [0.717, 1.165) is 31.5 Å². The van der Waals surface area contributed by atoms with Crippen LogP contribution in [0.3, 0.4) is 0 Å². The molecule has 5 nitrogen and oxygen atoms in total. The minimum atomic E-state index is -3.53. The molecule has 1 saturated heterocycles. The maximum atomic E-state index is 12.9. The summed E-state index contributed by atoms with van der Waals surface area (Å²) in [5.74, 6) is 0.623. The van der Waals surface area contributed by atoms with Crippen molar-refractivity contribution in [3.63, 3.8) is 0 Å². The van der Waals surface area contributed by atoms with Gasteiger partial charge in [-0.05, 0) is 45.0 Å². The summed E-state index contributed by atoms with van der Waals surface area (Å²) in [6, 6.07) is 3.25. The number of benzene rings is 1. The van der Waals surface area contributed by atoms with Crippen LogP contribution in [0.4, 0.5) is 0 Å². The number of rotatable bonds is 3. The fourth-order valence-electron chi connectivity index (χ4n) is 3.14. The summed E-state index contributed by atoms with van der Waals surface area (Å²) < 4.78 is 32.9. The highest BCUT2D eigenvalue weighted by atomic mass is 35.5. The van der Waals surface area contributed by atoms with Gasteiger partial charge in [0, 0.05) is 25.1 Å². The molecule has 1 aromatic rings. The molecular formula is C15H21ClN2O3S. The molecule has 1 N–H and O–H groups in total. The molecule has 0 saturated carbocycles. The molecule has 1 unspecified atom stereocenters. The largest absolute Gasteiger partial charge is 0.489 e. The number of nitrogens with zero attached hydrogens (tertiary/aromatic N) is 1. The van der Waals surface area contributed by atoms with Crippen LogP contribution in [0.5, 0.6) is 5.75 Å². The number of ether oxygens (including phenoxy) is 1. The van der Waals surface area contributed by atoms with Gasteiger partial charge >= 0.3 is 0 Å². The Morgan fingerprint density at radius 3 is 2.68 bits per heavy atom. The van der Waals surface area contributed by atoms with Crippen molar-refractivity contribution in [2.45, 2.75) is 43.2 Å². The van der Waals surface area contributed by atoms with E-state index in [4.69, 9.17) is 16.3 Å². The van der Waals surface area contributed by atoms with Crippen LogP contribution in [0.25, 0.3) is 0 Å². The highest BCUT2D eigenvalue weighted by Gasteiger charge is 2.31. The average molecular weight is 345 g/mol. The lowest BCUT2D eigenvalue weighted by atomic mass is 10.1. The Morgan fingerprint density at radius 1 is 1.32 bits per heavy atom. The Kier molecular flexibility index (Phi) is 4.38. The molecule has 0 aliphatic carbocycles. The van der Waals surface area contributed by atoms with Crippen LogP contribution in [0, 0.1) is 0 Å². The normalized spacial score (nSPS) is 22.6. The lowest BCUT2D eigenvalue weighted by Gasteiger charge is -2.31. The maximum absolute atomic E-state index is 12.9. The molecule has 0 bridgehead atoms. The van der Waals surface area contributed by atoms with E-state index >= 15 is 0 Å². The second kappa shape index (κ2) is 6.00. The predicted octanol–water partition coefficient (Wildman–Crippen LogP) is 2.04. The highest BCUT2D eigenvalue weighted by molar-refractivity contribution is 7.89. The summed E-state index contributed by atoms with van der Waals surface area (Å²) >= 11 is 6.22. The van der Waals surface area contributed by atoms with Gasteiger partial charge in [0.2, 0.25) is 10.0 Å². The van der Waals surface area contributed by atoms with Crippen molar-refractivity contribution in [3.8, 4) is 5.75 Å². The van der Waals surface area contributed by atoms with Crippen molar-refractivity contribution >= 4 is 21.6 Å². The average Bonchev–Trinajstić information content (AvgIpc) is 2.88. The van der Waals surface area contributed by atoms with Gasteiger partial charge in [-0.15, -0.1) is 0 Å². The minimum Gasteiger partial charge on any atom is -0.489 e. The van der Waals surface area contributed by atoms with Gasteiger partial charge in [0.15, 0.2) is 0 Å². The van der Waals surface area contributed by atoms with E-state index in [2.05, 4.69) is 5.32 Å². The molecule has 2 aliphatic rings. The SMILES string of the molecule is CC1Cc2cc(S(=O)(=O)N(C)C3CCNCC3)cc(Cl)c2O1. The first kappa shape index (κ1) is 16.1. The fraction of sp³-hybridized carbons (Fsp3) is 0.600. The number of fused-ring (bicyclic) bond motifs is 1. The second-order valence-corrected chi connectivity index (χ2v) is 8.43. The minimum absolute atomic E-state index is 0.0348.